The largest absolute Gasteiger partial charge is 0.478 e. The Balaban J connectivity index is 1.54. The van der Waals surface area contributed by atoms with E-state index in [1.54, 1.807) is 11.0 Å². The predicted molar refractivity (Wildman–Crippen MR) is 94.1 cm³/mol. The molecular formula is C18H18N2O4S. The van der Waals surface area contributed by atoms with Crippen LogP contribution in [0, 0.1) is 0 Å². The van der Waals surface area contributed by atoms with Gasteiger partial charge in [-0.05, 0) is 48.6 Å². The number of piperidine rings is 1. The van der Waals surface area contributed by atoms with E-state index in [1.165, 1.54) is 35.6 Å². The van der Waals surface area contributed by atoms with Crippen molar-refractivity contribution in [3.05, 3.63) is 57.8 Å². The van der Waals surface area contributed by atoms with Crippen LogP contribution in [0.25, 0.3) is 0 Å². The molecule has 1 aromatic carbocycles. The van der Waals surface area contributed by atoms with Gasteiger partial charge in [-0.3, -0.25) is 9.59 Å². The lowest BCUT2D eigenvalue weighted by atomic mass is 10.0. The van der Waals surface area contributed by atoms with Crippen LogP contribution in [-0.2, 0) is 0 Å². The minimum Gasteiger partial charge on any atom is -0.478 e. The molecule has 0 saturated carbocycles. The first kappa shape index (κ1) is 17.2. The number of thiophene rings is 1. The Morgan fingerprint density at radius 2 is 1.64 bits per heavy atom. The molecule has 1 saturated heterocycles. The van der Waals surface area contributed by atoms with Gasteiger partial charge in [-0.1, -0.05) is 0 Å². The first-order valence-electron chi connectivity index (χ1n) is 8.00. The summed E-state index contributed by atoms with van der Waals surface area (Å²) in [5.41, 5.74) is 1.30. The maximum Gasteiger partial charge on any atom is 0.335 e. The van der Waals surface area contributed by atoms with Crippen LogP contribution in [0.2, 0.25) is 0 Å². The quantitative estimate of drug-likeness (QED) is 0.879. The summed E-state index contributed by atoms with van der Waals surface area (Å²) in [5.74, 6) is -1.20. The molecular weight excluding hydrogens is 340 g/mol. The summed E-state index contributed by atoms with van der Waals surface area (Å²) in [7, 11) is 0. The van der Waals surface area contributed by atoms with Crippen molar-refractivity contribution in [2.75, 3.05) is 13.1 Å². The Morgan fingerprint density at radius 3 is 2.20 bits per heavy atom. The van der Waals surface area contributed by atoms with E-state index in [1.807, 2.05) is 10.8 Å². The molecule has 6 nitrogen and oxygen atoms in total. The lowest BCUT2D eigenvalue weighted by Gasteiger charge is -2.32. The normalized spacial score (nSPS) is 15.0. The number of rotatable bonds is 4. The summed E-state index contributed by atoms with van der Waals surface area (Å²) in [6.45, 7) is 1.13. The van der Waals surface area contributed by atoms with Gasteiger partial charge in [0.15, 0.2) is 0 Å². The van der Waals surface area contributed by atoms with Crippen LogP contribution in [0.3, 0.4) is 0 Å². The molecule has 3 rings (SSSR count). The molecule has 0 spiro atoms. The highest BCUT2D eigenvalue weighted by Gasteiger charge is 2.25. The number of nitrogens with one attached hydrogen (secondary N) is 1. The zero-order valence-electron chi connectivity index (χ0n) is 13.5. The number of aromatic carboxylic acids is 1. The maximum atomic E-state index is 12.5. The number of carbonyl (C=O) groups is 3. The van der Waals surface area contributed by atoms with Crippen molar-refractivity contribution in [2.24, 2.45) is 0 Å². The number of nitrogens with zero attached hydrogens (tertiary/aromatic N) is 1. The van der Waals surface area contributed by atoms with Crippen molar-refractivity contribution >= 4 is 29.1 Å². The summed E-state index contributed by atoms with van der Waals surface area (Å²) in [6.07, 6.45) is 1.41. The van der Waals surface area contributed by atoms with E-state index in [0.29, 0.717) is 37.1 Å². The highest BCUT2D eigenvalue weighted by Crippen LogP contribution is 2.16. The van der Waals surface area contributed by atoms with Crippen molar-refractivity contribution in [3.8, 4) is 0 Å². The fraction of sp³-hybridized carbons (Fsp3) is 0.278. The summed E-state index contributed by atoms with van der Waals surface area (Å²) in [5, 5.41) is 15.6. The van der Waals surface area contributed by atoms with Crippen LogP contribution in [0.1, 0.15) is 43.9 Å². The second-order valence-electron chi connectivity index (χ2n) is 5.93. The third-order valence-electron chi connectivity index (χ3n) is 4.28. The molecule has 130 valence electrons. The molecule has 1 aliphatic heterocycles. The van der Waals surface area contributed by atoms with E-state index < -0.39 is 5.97 Å². The second-order valence-corrected chi connectivity index (χ2v) is 6.71. The number of benzene rings is 1. The van der Waals surface area contributed by atoms with Gasteiger partial charge < -0.3 is 15.3 Å². The number of hydrogen-bond acceptors (Lipinski definition) is 4. The monoisotopic (exact) mass is 358 g/mol. The Labute approximate surface area is 149 Å². The molecule has 2 aromatic rings. The Morgan fingerprint density at radius 1 is 1.00 bits per heavy atom. The fourth-order valence-corrected chi connectivity index (χ4v) is 3.46. The van der Waals surface area contributed by atoms with Gasteiger partial charge in [0, 0.05) is 35.6 Å². The van der Waals surface area contributed by atoms with Crippen LogP contribution in [0.15, 0.2) is 41.1 Å². The second kappa shape index (κ2) is 7.48. The summed E-state index contributed by atoms with van der Waals surface area (Å²) >= 11 is 1.48. The van der Waals surface area contributed by atoms with E-state index in [0.717, 1.165) is 0 Å². The molecule has 2 heterocycles. The van der Waals surface area contributed by atoms with Gasteiger partial charge in [0.25, 0.3) is 11.8 Å². The first-order valence-corrected chi connectivity index (χ1v) is 8.94. The Hall–Kier alpha value is -2.67. The van der Waals surface area contributed by atoms with E-state index in [9.17, 15) is 14.4 Å². The zero-order chi connectivity index (χ0) is 17.8. The molecule has 25 heavy (non-hydrogen) atoms. The van der Waals surface area contributed by atoms with E-state index in [4.69, 9.17) is 5.11 Å². The number of likely N-dealkylation sites (tertiary alicyclic amines) is 1. The van der Waals surface area contributed by atoms with Crippen LogP contribution >= 0.6 is 11.3 Å². The molecule has 1 fully saturated rings. The van der Waals surface area contributed by atoms with Crippen molar-refractivity contribution in [2.45, 2.75) is 18.9 Å². The van der Waals surface area contributed by atoms with E-state index >= 15 is 0 Å². The summed E-state index contributed by atoms with van der Waals surface area (Å²) in [6, 6.07) is 7.80. The smallest absolute Gasteiger partial charge is 0.335 e. The zero-order valence-corrected chi connectivity index (χ0v) is 14.3. The van der Waals surface area contributed by atoms with Gasteiger partial charge in [0.2, 0.25) is 0 Å². The minimum atomic E-state index is -1.01. The Bertz CT molecular complexity index is 763. The van der Waals surface area contributed by atoms with Gasteiger partial charge in [-0.2, -0.15) is 11.3 Å². The third-order valence-corrected chi connectivity index (χ3v) is 4.96. The molecule has 0 aliphatic carbocycles. The van der Waals surface area contributed by atoms with Crippen molar-refractivity contribution in [1.29, 1.82) is 0 Å². The number of amides is 2. The van der Waals surface area contributed by atoms with Gasteiger partial charge in [0.05, 0.1) is 5.56 Å². The van der Waals surface area contributed by atoms with E-state index in [-0.39, 0.29) is 23.4 Å². The van der Waals surface area contributed by atoms with Crippen molar-refractivity contribution in [1.82, 2.24) is 10.2 Å². The maximum absolute atomic E-state index is 12.5. The molecule has 0 atom stereocenters. The lowest BCUT2D eigenvalue weighted by Crippen LogP contribution is -2.46. The van der Waals surface area contributed by atoms with Crippen LogP contribution in [0.5, 0.6) is 0 Å². The average Bonchev–Trinajstić information content (AvgIpc) is 3.17. The molecule has 2 N–H and O–H groups in total. The molecule has 7 heteroatoms. The van der Waals surface area contributed by atoms with Crippen LogP contribution in [0.4, 0.5) is 0 Å². The standard InChI is InChI=1S/C18H18N2O4S/c21-16(14-7-10-25-11-14)19-15-5-8-20(9-6-15)17(22)12-1-3-13(4-2-12)18(23)24/h1-4,7,10-11,15H,5-6,8-9H2,(H,19,21)(H,23,24). The van der Waals surface area contributed by atoms with Gasteiger partial charge in [-0.15, -0.1) is 0 Å². The van der Waals surface area contributed by atoms with Crippen LogP contribution in [-0.4, -0.2) is 46.9 Å². The molecule has 0 unspecified atom stereocenters. The highest BCUT2D eigenvalue weighted by molar-refractivity contribution is 7.08. The first-order chi connectivity index (χ1) is 12.0. The van der Waals surface area contributed by atoms with Gasteiger partial charge in [-0.25, -0.2) is 4.79 Å². The average molecular weight is 358 g/mol. The molecule has 0 bridgehead atoms. The highest BCUT2D eigenvalue weighted by atomic mass is 32.1. The predicted octanol–water partition coefficient (Wildman–Crippen LogP) is 2.48. The number of hydrogen-bond donors (Lipinski definition) is 2. The summed E-state index contributed by atoms with van der Waals surface area (Å²) in [4.78, 5) is 37.2. The molecule has 1 aromatic heterocycles. The molecule has 2 amide bonds. The SMILES string of the molecule is O=C(O)c1ccc(C(=O)N2CCC(NC(=O)c3ccsc3)CC2)cc1. The Kier molecular flexibility index (Phi) is 5.14. The van der Waals surface area contributed by atoms with Gasteiger partial charge in [0.1, 0.15) is 0 Å². The summed E-state index contributed by atoms with van der Waals surface area (Å²) < 4.78 is 0. The number of carboxylic acid groups (broad SMARTS) is 1. The topological polar surface area (TPSA) is 86.7 Å². The van der Waals surface area contributed by atoms with Crippen molar-refractivity contribution in [3.63, 3.8) is 0 Å². The number of carbonyl (C=O) groups excluding carboxylic acids is 2. The fourth-order valence-electron chi connectivity index (χ4n) is 2.83. The molecule has 1 aliphatic rings. The van der Waals surface area contributed by atoms with Crippen LogP contribution < -0.4 is 5.32 Å². The van der Waals surface area contributed by atoms with E-state index in [2.05, 4.69) is 5.32 Å². The molecule has 0 radical (unpaired) electrons. The minimum absolute atomic E-state index is 0.0610. The van der Waals surface area contributed by atoms with Gasteiger partial charge >= 0.3 is 5.97 Å². The third kappa shape index (κ3) is 4.06. The van der Waals surface area contributed by atoms with Crippen molar-refractivity contribution < 1.29 is 19.5 Å². The number of carboxylic acids is 1. The lowest BCUT2D eigenvalue weighted by molar-refractivity contribution is 0.0682.